The first-order valence-electron chi connectivity index (χ1n) is 6.01. The predicted octanol–water partition coefficient (Wildman–Crippen LogP) is 2.59. The zero-order valence-electron chi connectivity index (χ0n) is 9.29. The topological polar surface area (TPSA) is 15.3 Å². The normalized spacial score (nSPS) is 27.2. The Morgan fingerprint density at radius 1 is 1.44 bits per heavy atom. The smallest absolute Gasteiger partial charge is 0.0931 e. The van der Waals surface area contributed by atoms with Crippen molar-refractivity contribution < 1.29 is 0 Å². The molecule has 16 heavy (non-hydrogen) atoms. The maximum absolute atomic E-state index is 5.95. The Labute approximate surface area is 106 Å². The molecule has 4 heteroatoms. The molecule has 0 bridgehead atoms. The van der Waals surface area contributed by atoms with Gasteiger partial charge in [0, 0.05) is 37.1 Å². The number of piperazine rings is 1. The third kappa shape index (κ3) is 2.59. The van der Waals surface area contributed by atoms with Crippen molar-refractivity contribution in [3.05, 3.63) is 21.3 Å². The molecule has 1 atom stereocenters. The lowest BCUT2D eigenvalue weighted by Gasteiger charge is -2.33. The molecule has 0 radical (unpaired) electrons. The van der Waals surface area contributed by atoms with E-state index < -0.39 is 0 Å². The van der Waals surface area contributed by atoms with Crippen LogP contribution in [0.25, 0.3) is 0 Å². The van der Waals surface area contributed by atoms with Crippen molar-refractivity contribution >= 4 is 22.9 Å². The maximum atomic E-state index is 5.95. The predicted molar refractivity (Wildman–Crippen MR) is 69.1 cm³/mol. The maximum Gasteiger partial charge on any atom is 0.0931 e. The monoisotopic (exact) mass is 256 g/mol. The zero-order valence-corrected chi connectivity index (χ0v) is 10.9. The summed E-state index contributed by atoms with van der Waals surface area (Å²) in [6, 6.07) is 4.90. The molecule has 1 aliphatic carbocycles. The van der Waals surface area contributed by atoms with Crippen LogP contribution in [0.2, 0.25) is 4.34 Å². The van der Waals surface area contributed by atoms with E-state index in [0.29, 0.717) is 0 Å². The second-order valence-corrected chi connectivity index (χ2v) is 6.64. The number of nitrogens with zero attached hydrogens (tertiary/aromatic N) is 1. The molecule has 1 N–H and O–H groups in total. The Hall–Kier alpha value is -0.0900. The first-order chi connectivity index (χ1) is 7.81. The summed E-state index contributed by atoms with van der Waals surface area (Å²) in [6.07, 6.45) is 2.85. The highest BCUT2D eigenvalue weighted by Gasteiger charge is 2.33. The third-order valence-corrected chi connectivity index (χ3v) is 4.70. The van der Waals surface area contributed by atoms with Crippen LogP contribution in [0.15, 0.2) is 12.1 Å². The lowest BCUT2D eigenvalue weighted by molar-refractivity contribution is 0.183. The van der Waals surface area contributed by atoms with E-state index in [9.17, 15) is 0 Å². The molecule has 88 valence electrons. The van der Waals surface area contributed by atoms with E-state index >= 15 is 0 Å². The van der Waals surface area contributed by atoms with Crippen LogP contribution in [-0.2, 0) is 6.54 Å². The van der Waals surface area contributed by atoms with Gasteiger partial charge in [-0.3, -0.25) is 4.90 Å². The van der Waals surface area contributed by atoms with Crippen LogP contribution in [-0.4, -0.2) is 30.6 Å². The lowest BCUT2D eigenvalue weighted by atomic mass is 10.1. The minimum Gasteiger partial charge on any atom is -0.311 e. The van der Waals surface area contributed by atoms with Crippen molar-refractivity contribution in [3.8, 4) is 0 Å². The summed E-state index contributed by atoms with van der Waals surface area (Å²) in [7, 11) is 0. The molecule has 1 aliphatic heterocycles. The van der Waals surface area contributed by atoms with Gasteiger partial charge < -0.3 is 5.32 Å². The largest absolute Gasteiger partial charge is 0.311 e. The molecule has 2 fully saturated rings. The van der Waals surface area contributed by atoms with E-state index in [-0.39, 0.29) is 0 Å². The van der Waals surface area contributed by atoms with Gasteiger partial charge in [-0.25, -0.2) is 0 Å². The summed E-state index contributed by atoms with van der Waals surface area (Å²) in [5, 5.41) is 3.64. The Balaban J connectivity index is 1.57. The van der Waals surface area contributed by atoms with Gasteiger partial charge in [-0.1, -0.05) is 11.6 Å². The van der Waals surface area contributed by atoms with Crippen molar-refractivity contribution in [1.82, 2.24) is 10.2 Å². The van der Waals surface area contributed by atoms with Gasteiger partial charge in [-0.2, -0.15) is 0 Å². The van der Waals surface area contributed by atoms with Gasteiger partial charge in [0.05, 0.1) is 4.34 Å². The average Bonchev–Trinajstić information content (AvgIpc) is 3.05. The van der Waals surface area contributed by atoms with Crippen LogP contribution in [0.4, 0.5) is 0 Å². The summed E-state index contributed by atoms with van der Waals surface area (Å²) in [5.74, 6) is 0.953. The van der Waals surface area contributed by atoms with Gasteiger partial charge in [0.2, 0.25) is 0 Å². The lowest BCUT2D eigenvalue weighted by Crippen LogP contribution is -2.51. The average molecular weight is 257 g/mol. The fourth-order valence-electron chi connectivity index (χ4n) is 2.46. The Bertz CT molecular complexity index is 362. The van der Waals surface area contributed by atoms with Crippen molar-refractivity contribution in [2.75, 3.05) is 19.6 Å². The van der Waals surface area contributed by atoms with Crippen molar-refractivity contribution in [2.24, 2.45) is 5.92 Å². The second kappa shape index (κ2) is 4.65. The number of hydrogen-bond donors (Lipinski definition) is 1. The minimum absolute atomic E-state index is 0.740. The molecular weight excluding hydrogens is 240 g/mol. The molecule has 1 saturated carbocycles. The van der Waals surface area contributed by atoms with Crippen LogP contribution >= 0.6 is 22.9 Å². The van der Waals surface area contributed by atoms with Crippen LogP contribution in [0, 0.1) is 5.92 Å². The first-order valence-corrected chi connectivity index (χ1v) is 7.20. The van der Waals surface area contributed by atoms with Gasteiger partial charge in [-0.15, -0.1) is 11.3 Å². The number of thiophene rings is 1. The third-order valence-electron chi connectivity index (χ3n) is 3.49. The first kappa shape index (κ1) is 11.0. The quantitative estimate of drug-likeness (QED) is 0.894. The molecule has 1 aromatic rings. The Kier molecular flexibility index (Phi) is 3.20. The molecule has 0 spiro atoms. The summed E-state index contributed by atoms with van der Waals surface area (Å²) in [5.41, 5.74) is 0. The molecule has 3 rings (SSSR count). The highest BCUT2D eigenvalue weighted by atomic mass is 35.5. The van der Waals surface area contributed by atoms with Crippen LogP contribution < -0.4 is 5.32 Å². The summed E-state index contributed by atoms with van der Waals surface area (Å²) >= 11 is 7.66. The molecule has 2 heterocycles. The van der Waals surface area contributed by atoms with Gasteiger partial charge in [0.25, 0.3) is 0 Å². The molecule has 1 saturated heterocycles. The van der Waals surface area contributed by atoms with E-state index in [0.717, 1.165) is 29.4 Å². The highest BCUT2D eigenvalue weighted by molar-refractivity contribution is 7.16. The molecule has 2 aliphatic rings. The van der Waals surface area contributed by atoms with Gasteiger partial charge in [0.15, 0.2) is 0 Å². The number of halogens is 1. The Morgan fingerprint density at radius 2 is 2.31 bits per heavy atom. The van der Waals surface area contributed by atoms with E-state index in [1.807, 2.05) is 6.07 Å². The van der Waals surface area contributed by atoms with Gasteiger partial charge in [-0.05, 0) is 30.9 Å². The number of rotatable bonds is 3. The summed E-state index contributed by atoms with van der Waals surface area (Å²) in [6.45, 7) is 4.58. The summed E-state index contributed by atoms with van der Waals surface area (Å²) < 4.78 is 0.906. The fraction of sp³-hybridized carbons (Fsp3) is 0.667. The fourth-order valence-corrected chi connectivity index (χ4v) is 3.59. The number of hydrogen-bond acceptors (Lipinski definition) is 3. The van der Waals surface area contributed by atoms with E-state index in [4.69, 9.17) is 11.6 Å². The second-order valence-electron chi connectivity index (χ2n) is 4.84. The molecule has 0 aromatic carbocycles. The van der Waals surface area contributed by atoms with E-state index in [2.05, 4.69) is 16.3 Å². The zero-order chi connectivity index (χ0) is 11.0. The van der Waals surface area contributed by atoms with E-state index in [1.165, 1.54) is 30.8 Å². The van der Waals surface area contributed by atoms with Crippen molar-refractivity contribution in [3.63, 3.8) is 0 Å². The Morgan fingerprint density at radius 3 is 3.00 bits per heavy atom. The SMILES string of the molecule is Clc1ccc(CN2CCNC(C3CC3)C2)s1. The van der Waals surface area contributed by atoms with E-state index in [1.54, 1.807) is 11.3 Å². The molecule has 1 aromatic heterocycles. The van der Waals surface area contributed by atoms with Crippen molar-refractivity contribution in [1.29, 1.82) is 0 Å². The molecule has 0 amide bonds. The summed E-state index contributed by atoms with van der Waals surface area (Å²) in [4.78, 5) is 3.95. The molecule has 1 unspecified atom stereocenters. The molecular formula is C12H17ClN2S. The van der Waals surface area contributed by atoms with Crippen molar-refractivity contribution in [2.45, 2.75) is 25.4 Å². The minimum atomic E-state index is 0.740. The van der Waals surface area contributed by atoms with Crippen LogP contribution in [0.3, 0.4) is 0 Å². The van der Waals surface area contributed by atoms with Gasteiger partial charge in [0.1, 0.15) is 0 Å². The van der Waals surface area contributed by atoms with Crippen LogP contribution in [0.5, 0.6) is 0 Å². The van der Waals surface area contributed by atoms with Crippen LogP contribution in [0.1, 0.15) is 17.7 Å². The molecule has 2 nitrogen and oxygen atoms in total. The standard InChI is InChI=1S/C12H17ClN2S/c13-12-4-3-10(16-12)7-15-6-5-14-11(8-15)9-1-2-9/h3-4,9,11,14H,1-2,5-8H2. The highest BCUT2D eigenvalue weighted by Crippen LogP contribution is 2.34. The number of nitrogens with one attached hydrogen (secondary N) is 1. The van der Waals surface area contributed by atoms with Gasteiger partial charge >= 0.3 is 0 Å².